The van der Waals surface area contributed by atoms with E-state index in [1.807, 2.05) is 41.3 Å². The third-order valence-electron chi connectivity index (χ3n) is 6.22. The fourth-order valence-corrected chi connectivity index (χ4v) is 4.72. The van der Waals surface area contributed by atoms with Gasteiger partial charge >= 0.3 is 6.36 Å². The highest BCUT2D eigenvalue weighted by molar-refractivity contribution is 5.83. The Morgan fingerprint density at radius 1 is 0.935 bits per heavy atom. The Morgan fingerprint density at radius 2 is 1.61 bits per heavy atom. The fourth-order valence-electron chi connectivity index (χ4n) is 4.72. The van der Waals surface area contributed by atoms with Crippen LogP contribution in [-0.4, -0.2) is 48.2 Å². The second-order valence-electron chi connectivity index (χ2n) is 8.28. The number of carbonyl (C=O) groups is 1. The minimum atomic E-state index is -4.70. The van der Waals surface area contributed by atoms with Crippen LogP contribution in [0.25, 0.3) is 0 Å². The van der Waals surface area contributed by atoms with Gasteiger partial charge in [-0.1, -0.05) is 42.5 Å². The van der Waals surface area contributed by atoms with E-state index in [9.17, 15) is 18.0 Å². The van der Waals surface area contributed by atoms with Gasteiger partial charge in [-0.25, -0.2) is 0 Å². The van der Waals surface area contributed by atoms with E-state index in [1.54, 1.807) is 6.07 Å². The number of benzene rings is 2. The first-order valence-electron chi connectivity index (χ1n) is 10.8. The number of piperidine rings is 1. The zero-order valence-electron chi connectivity index (χ0n) is 17.4. The Morgan fingerprint density at radius 3 is 2.26 bits per heavy atom. The molecule has 0 bridgehead atoms. The highest BCUT2D eigenvalue weighted by atomic mass is 19.4. The Labute approximate surface area is 180 Å². The minimum Gasteiger partial charge on any atom is -0.406 e. The van der Waals surface area contributed by atoms with Crippen LogP contribution in [0.1, 0.15) is 48.8 Å². The molecule has 0 aliphatic carbocycles. The van der Waals surface area contributed by atoms with Crippen LogP contribution in [0, 0.1) is 0 Å². The van der Waals surface area contributed by atoms with Gasteiger partial charge < -0.3 is 9.64 Å². The van der Waals surface area contributed by atoms with Gasteiger partial charge in [-0.2, -0.15) is 0 Å². The van der Waals surface area contributed by atoms with E-state index in [-0.39, 0.29) is 23.6 Å². The summed E-state index contributed by atoms with van der Waals surface area (Å²) < 4.78 is 41.6. The highest BCUT2D eigenvalue weighted by Crippen LogP contribution is 2.34. The summed E-state index contributed by atoms with van der Waals surface area (Å²) in [6.45, 7) is 3.05. The molecule has 0 spiro atoms. The summed E-state index contributed by atoms with van der Waals surface area (Å²) in [5, 5.41) is 0. The first-order chi connectivity index (χ1) is 14.9. The highest BCUT2D eigenvalue weighted by Gasteiger charge is 2.35. The van der Waals surface area contributed by atoms with Crippen molar-refractivity contribution >= 4 is 5.91 Å². The van der Waals surface area contributed by atoms with Crippen molar-refractivity contribution in [3.63, 3.8) is 0 Å². The molecule has 2 aromatic carbocycles. The van der Waals surface area contributed by atoms with Crippen LogP contribution >= 0.6 is 0 Å². The van der Waals surface area contributed by atoms with Crippen molar-refractivity contribution in [2.45, 2.75) is 44.0 Å². The number of nitrogens with zero attached hydrogens (tertiary/aromatic N) is 2. The van der Waals surface area contributed by atoms with Gasteiger partial charge in [-0.05, 0) is 68.0 Å². The largest absolute Gasteiger partial charge is 0.573 e. The second kappa shape index (κ2) is 9.30. The molecule has 2 saturated heterocycles. The summed E-state index contributed by atoms with van der Waals surface area (Å²) in [6, 6.07) is 15.9. The Kier molecular flexibility index (Phi) is 6.51. The van der Waals surface area contributed by atoms with Crippen LogP contribution in [0.5, 0.6) is 5.75 Å². The van der Waals surface area contributed by atoms with Crippen LogP contribution < -0.4 is 4.74 Å². The van der Waals surface area contributed by atoms with E-state index in [0.717, 1.165) is 49.9 Å². The molecule has 0 saturated carbocycles. The molecule has 0 aromatic heterocycles. The van der Waals surface area contributed by atoms with Crippen molar-refractivity contribution in [2.75, 3.05) is 26.2 Å². The van der Waals surface area contributed by atoms with Crippen molar-refractivity contribution in [3.05, 3.63) is 65.7 Å². The van der Waals surface area contributed by atoms with Gasteiger partial charge in [0.25, 0.3) is 0 Å². The molecule has 0 N–H and O–H groups in total. The maximum Gasteiger partial charge on any atom is 0.573 e. The molecule has 0 radical (unpaired) electrons. The number of alkyl halides is 3. The Bertz CT molecular complexity index is 874. The van der Waals surface area contributed by atoms with Crippen molar-refractivity contribution in [1.29, 1.82) is 0 Å². The van der Waals surface area contributed by atoms with E-state index in [2.05, 4.69) is 9.64 Å². The molecule has 2 fully saturated rings. The maximum absolute atomic E-state index is 13.5. The van der Waals surface area contributed by atoms with Crippen LogP contribution in [0.15, 0.2) is 54.6 Å². The molecule has 31 heavy (non-hydrogen) atoms. The molecule has 4 nitrogen and oxygen atoms in total. The monoisotopic (exact) mass is 432 g/mol. The molecule has 2 aliphatic heterocycles. The predicted octanol–water partition coefficient (Wildman–Crippen LogP) is 5.13. The topological polar surface area (TPSA) is 32.8 Å². The smallest absolute Gasteiger partial charge is 0.406 e. The average Bonchev–Trinajstić information content (AvgIpc) is 3.28. The average molecular weight is 432 g/mol. The van der Waals surface area contributed by atoms with Gasteiger partial charge in [0.1, 0.15) is 11.8 Å². The lowest BCUT2D eigenvalue weighted by atomic mass is 9.89. The summed E-state index contributed by atoms with van der Waals surface area (Å²) in [5.41, 5.74) is 1.85. The molecule has 2 aliphatic rings. The van der Waals surface area contributed by atoms with Crippen LogP contribution in [0.3, 0.4) is 0 Å². The van der Waals surface area contributed by atoms with Crippen molar-refractivity contribution in [1.82, 2.24) is 9.80 Å². The normalized spacial score (nSPS) is 19.4. The Hall–Kier alpha value is -2.54. The number of halogens is 3. The number of hydrogen-bond donors (Lipinski definition) is 0. The minimum absolute atomic E-state index is 0.114. The summed E-state index contributed by atoms with van der Waals surface area (Å²) in [4.78, 5) is 17.7. The zero-order chi connectivity index (χ0) is 21.8. The molecule has 4 rings (SSSR count). The first kappa shape index (κ1) is 21.7. The number of carbonyl (C=O) groups excluding carboxylic acids is 1. The first-order valence-corrected chi connectivity index (χ1v) is 10.8. The molecule has 1 atom stereocenters. The molecular weight excluding hydrogens is 405 g/mol. The number of likely N-dealkylation sites (tertiary alicyclic amines) is 2. The summed E-state index contributed by atoms with van der Waals surface area (Å²) in [6.07, 6.45) is -1.04. The number of ether oxygens (including phenoxy) is 1. The van der Waals surface area contributed by atoms with Gasteiger partial charge in [-0.15, -0.1) is 13.2 Å². The van der Waals surface area contributed by atoms with Crippen molar-refractivity contribution in [2.24, 2.45) is 0 Å². The quantitative estimate of drug-likeness (QED) is 0.657. The van der Waals surface area contributed by atoms with Crippen LogP contribution in [0.2, 0.25) is 0 Å². The lowest BCUT2D eigenvalue weighted by molar-refractivity contribution is -0.274. The third kappa shape index (κ3) is 5.39. The summed E-state index contributed by atoms with van der Waals surface area (Å²) >= 11 is 0. The van der Waals surface area contributed by atoms with E-state index < -0.39 is 6.36 Å². The van der Waals surface area contributed by atoms with E-state index in [1.165, 1.54) is 12.1 Å². The van der Waals surface area contributed by atoms with Gasteiger partial charge in [0.05, 0.1) is 0 Å². The van der Waals surface area contributed by atoms with E-state index >= 15 is 0 Å². The molecule has 1 amide bonds. The lowest BCUT2D eigenvalue weighted by Crippen LogP contribution is -2.45. The number of rotatable bonds is 5. The van der Waals surface area contributed by atoms with Gasteiger partial charge in [0, 0.05) is 13.1 Å². The summed E-state index contributed by atoms with van der Waals surface area (Å²) in [5.74, 6) is 0.0465. The summed E-state index contributed by atoms with van der Waals surface area (Å²) in [7, 11) is 0. The standard InChI is InChI=1S/C24H27F3N2O2/c25-24(26,27)31-21-10-6-9-20(17-21)18-11-15-29(16-12-18)23(30)22(28-13-4-5-14-28)19-7-2-1-3-8-19/h1-3,6-10,17-18,22H,4-5,11-16H2. The predicted molar refractivity (Wildman–Crippen MR) is 112 cm³/mol. The van der Waals surface area contributed by atoms with Gasteiger partial charge in [0.15, 0.2) is 0 Å². The molecule has 1 unspecified atom stereocenters. The Balaban J connectivity index is 1.43. The molecule has 166 valence electrons. The van der Waals surface area contributed by atoms with Crippen LogP contribution in [-0.2, 0) is 4.79 Å². The molecule has 2 heterocycles. The van der Waals surface area contributed by atoms with Crippen LogP contribution in [0.4, 0.5) is 13.2 Å². The van der Waals surface area contributed by atoms with E-state index in [4.69, 9.17) is 0 Å². The molecular formula is C24H27F3N2O2. The zero-order valence-corrected chi connectivity index (χ0v) is 17.4. The van der Waals surface area contributed by atoms with Gasteiger partial charge in [0.2, 0.25) is 5.91 Å². The maximum atomic E-state index is 13.5. The van der Waals surface area contributed by atoms with Gasteiger partial charge in [-0.3, -0.25) is 9.69 Å². The van der Waals surface area contributed by atoms with Crippen molar-refractivity contribution in [3.8, 4) is 5.75 Å². The number of amides is 1. The molecule has 2 aromatic rings. The van der Waals surface area contributed by atoms with E-state index in [0.29, 0.717) is 13.1 Å². The molecule has 7 heteroatoms. The second-order valence-corrected chi connectivity index (χ2v) is 8.28. The number of hydrogen-bond acceptors (Lipinski definition) is 3. The SMILES string of the molecule is O=C(C(c1ccccc1)N1CCCC1)N1CCC(c2cccc(OC(F)(F)F)c2)CC1. The fraction of sp³-hybridized carbons (Fsp3) is 0.458. The lowest BCUT2D eigenvalue weighted by Gasteiger charge is -2.37. The third-order valence-corrected chi connectivity index (χ3v) is 6.22. The van der Waals surface area contributed by atoms with Crippen molar-refractivity contribution < 1.29 is 22.7 Å².